The Hall–Kier alpha value is -1.46. The van der Waals surface area contributed by atoms with Gasteiger partial charge in [0, 0.05) is 23.6 Å². The van der Waals surface area contributed by atoms with Gasteiger partial charge >= 0.3 is 6.03 Å². The summed E-state index contributed by atoms with van der Waals surface area (Å²) in [6.45, 7) is 2.47. The number of likely N-dealkylation sites (N-methyl/N-ethyl adjacent to an activating group) is 1. The van der Waals surface area contributed by atoms with Gasteiger partial charge in [0.1, 0.15) is 6.04 Å². The van der Waals surface area contributed by atoms with Crippen LogP contribution in [-0.4, -0.2) is 41.4 Å². The van der Waals surface area contributed by atoms with Crippen LogP contribution in [-0.2, 0) is 11.3 Å². The quantitative estimate of drug-likeness (QED) is 0.927. The van der Waals surface area contributed by atoms with E-state index in [-0.39, 0.29) is 12.6 Å². The van der Waals surface area contributed by atoms with Crippen molar-refractivity contribution in [3.05, 3.63) is 33.3 Å². The third kappa shape index (κ3) is 2.69. The van der Waals surface area contributed by atoms with Gasteiger partial charge in [0.2, 0.25) is 5.91 Å². The number of urea groups is 1. The van der Waals surface area contributed by atoms with E-state index in [9.17, 15) is 9.59 Å². The highest BCUT2D eigenvalue weighted by molar-refractivity contribution is 6.35. The van der Waals surface area contributed by atoms with Crippen molar-refractivity contribution in [2.24, 2.45) is 5.73 Å². The van der Waals surface area contributed by atoms with Gasteiger partial charge in [-0.25, -0.2) is 4.79 Å². The van der Waals surface area contributed by atoms with Crippen LogP contribution in [0, 0.1) is 6.92 Å². The number of amides is 3. The van der Waals surface area contributed by atoms with Crippen molar-refractivity contribution in [2.75, 3.05) is 13.6 Å². The lowest BCUT2D eigenvalue weighted by Gasteiger charge is -2.18. The number of carbonyl (C=O) groups is 2. The van der Waals surface area contributed by atoms with Gasteiger partial charge in [-0.05, 0) is 30.2 Å². The van der Waals surface area contributed by atoms with Gasteiger partial charge in [-0.15, -0.1) is 0 Å². The van der Waals surface area contributed by atoms with Crippen LogP contribution in [0.2, 0.25) is 10.0 Å². The Kier molecular flexibility index (Phi) is 4.11. The van der Waals surface area contributed by atoms with Gasteiger partial charge in [-0.2, -0.15) is 0 Å². The van der Waals surface area contributed by atoms with Crippen LogP contribution in [0.3, 0.4) is 0 Å². The van der Waals surface area contributed by atoms with E-state index in [1.54, 1.807) is 24.1 Å². The predicted octanol–water partition coefficient (Wildman–Crippen LogP) is 2.02. The molecule has 108 valence electrons. The fourth-order valence-corrected chi connectivity index (χ4v) is 2.96. The Morgan fingerprint density at radius 2 is 2.10 bits per heavy atom. The molecule has 20 heavy (non-hydrogen) atoms. The lowest BCUT2D eigenvalue weighted by atomic mass is 10.1. The molecule has 2 rings (SSSR count). The minimum absolute atomic E-state index is 0.237. The van der Waals surface area contributed by atoms with Gasteiger partial charge < -0.3 is 15.5 Å². The second kappa shape index (κ2) is 5.50. The van der Waals surface area contributed by atoms with Crippen LogP contribution < -0.4 is 5.73 Å². The molecule has 7 heteroatoms. The van der Waals surface area contributed by atoms with Crippen LogP contribution in [0.25, 0.3) is 0 Å². The van der Waals surface area contributed by atoms with Gasteiger partial charge in [0.15, 0.2) is 0 Å². The molecule has 3 amide bonds. The summed E-state index contributed by atoms with van der Waals surface area (Å²) < 4.78 is 0. The zero-order valence-electron chi connectivity index (χ0n) is 11.2. The maximum absolute atomic E-state index is 12.1. The summed E-state index contributed by atoms with van der Waals surface area (Å²) in [6, 6.07) is 2.59. The zero-order valence-corrected chi connectivity index (χ0v) is 12.7. The predicted molar refractivity (Wildman–Crippen MR) is 77.8 cm³/mol. The molecule has 1 atom stereocenters. The van der Waals surface area contributed by atoms with Crippen molar-refractivity contribution in [3.8, 4) is 0 Å². The molecule has 1 aliphatic heterocycles. The molecule has 0 aliphatic carbocycles. The first-order valence-electron chi connectivity index (χ1n) is 6.07. The standard InChI is InChI=1S/C13H15Cl2N3O2/c1-7-3-8(14)4-10(15)9(7)5-18-6-11(12(16)19)17(2)13(18)20/h3-4,11H,5-6H2,1-2H3,(H2,16,19). The normalized spacial score (nSPS) is 18.8. The molecule has 1 aromatic rings. The second-order valence-corrected chi connectivity index (χ2v) is 5.72. The molecule has 2 N–H and O–H groups in total. The summed E-state index contributed by atoms with van der Waals surface area (Å²) in [5.74, 6) is -0.512. The largest absolute Gasteiger partial charge is 0.368 e. The molecule has 5 nitrogen and oxygen atoms in total. The monoisotopic (exact) mass is 315 g/mol. The van der Waals surface area contributed by atoms with E-state index in [0.717, 1.165) is 11.1 Å². The van der Waals surface area contributed by atoms with E-state index in [0.29, 0.717) is 16.6 Å². The van der Waals surface area contributed by atoms with Crippen LogP contribution in [0.15, 0.2) is 12.1 Å². The Bertz CT molecular complexity index is 554. The topological polar surface area (TPSA) is 66.6 Å². The highest BCUT2D eigenvalue weighted by Gasteiger charge is 2.38. The molecule has 0 aromatic heterocycles. The third-order valence-corrected chi connectivity index (χ3v) is 4.05. The molecule has 0 radical (unpaired) electrons. The molecule has 0 saturated carbocycles. The number of hydrogen-bond donors (Lipinski definition) is 1. The maximum Gasteiger partial charge on any atom is 0.320 e. The molecule has 1 aliphatic rings. The molecule has 1 fully saturated rings. The van der Waals surface area contributed by atoms with Crippen LogP contribution in [0.5, 0.6) is 0 Å². The summed E-state index contributed by atoms with van der Waals surface area (Å²) >= 11 is 12.1. The molecule has 1 unspecified atom stereocenters. The van der Waals surface area contributed by atoms with Gasteiger partial charge in [-0.1, -0.05) is 23.2 Å². The first-order chi connectivity index (χ1) is 9.31. The molecule has 1 aromatic carbocycles. The van der Waals surface area contributed by atoms with E-state index in [1.807, 2.05) is 6.92 Å². The summed E-state index contributed by atoms with van der Waals surface area (Å²) in [7, 11) is 1.56. The van der Waals surface area contributed by atoms with Crippen LogP contribution >= 0.6 is 23.2 Å². The molecule has 0 spiro atoms. The smallest absolute Gasteiger partial charge is 0.320 e. The van der Waals surface area contributed by atoms with Crippen LogP contribution in [0.1, 0.15) is 11.1 Å². The molecule has 1 heterocycles. The SMILES string of the molecule is Cc1cc(Cl)cc(Cl)c1CN1CC(C(N)=O)N(C)C1=O. The molecular formula is C13H15Cl2N3O2. The van der Waals surface area contributed by atoms with Crippen LogP contribution in [0.4, 0.5) is 4.79 Å². The number of nitrogens with two attached hydrogens (primary N) is 1. The fraction of sp³-hybridized carbons (Fsp3) is 0.385. The van der Waals surface area contributed by atoms with Gasteiger partial charge in [-0.3, -0.25) is 4.79 Å². The van der Waals surface area contributed by atoms with Gasteiger partial charge in [0.25, 0.3) is 0 Å². The maximum atomic E-state index is 12.1. The molecule has 0 bridgehead atoms. The van der Waals surface area contributed by atoms with Crippen molar-refractivity contribution in [3.63, 3.8) is 0 Å². The number of rotatable bonds is 3. The minimum Gasteiger partial charge on any atom is -0.368 e. The number of halogens is 2. The number of benzene rings is 1. The first kappa shape index (κ1) is 14.9. The minimum atomic E-state index is -0.603. The number of hydrogen-bond acceptors (Lipinski definition) is 2. The Morgan fingerprint density at radius 1 is 1.45 bits per heavy atom. The van der Waals surface area contributed by atoms with Crippen molar-refractivity contribution >= 4 is 35.1 Å². The Morgan fingerprint density at radius 3 is 2.60 bits per heavy atom. The van der Waals surface area contributed by atoms with E-state index in [2.05, 4.69) is 0 Å². The molecular weight excluding hydrogens is 301 g/mol. The summed E-state index contributed by atoms with van der Waals surface area (Å²) in [4.78, 5) is 26.3. The summed E-state index contributed by atoms with van der Waals surface area (Å²) in [6.07, 6.45) is 0. The lowest BCUT2D eigenvalue weighted by molar-refractivity contribution is -0.121. The van der Waals surface area contributed by atoms with Gasteiger partial charge in [0.05, 0.1) is 6.54 Å². The highest BCUT2D eigenvalue weighted by Crippen LogP contribution is 2.27. The van der Waals surface area contributed by atoms with E-state index < -0.39 is 11.9 Å². The second-order valence-electron chi connectivity index (χ2n) is 4.88. The number of primary amides is 1. The summed E-state index contributed by atoms with van der Waals surface area (Å²) in [5.41, 5.74) is 7.01. The zero-order chi connectivity index (χ0) is 15.0. The highest BCUT2D eigenvalue weighted by atomic mass is 35.5. The Balaban J connectivity index is 2.23. The Labute approximate surface area is 127 Å². The van der Waals surface area contributed by atoms with Crippen molar-refractivity contribution < 1.29 is 9.59 Å². The first-order valence-corrected chi connectivity index (χ1v) is 6.82. The average Bonchev–Trinajstić information content (AvgIpc) is 2.61. The fourth-order valence-electron chi connectivity index (χ4n) is 2.30. The van der Waals surface area contributed by atoms with E-state index in [1.165, 1.54) is 4.90 Å². The van der Waals surface area contributed by atoms with Crippen molar-refractivity contribution in [2.45, 2.75) is 19.5 Å². The average molecular weight is 316 g/mol. The number of nitrogens with zero attached hydrogens (tertiary/aromatic N) is 2. The van der Waals surface area contributed by atoms with Crippen molar-refractivity contribution in [1.82, 2.24) is 9.80 Å². The number of aryl methyl sites for hydroxylation is 1. The van der Waals surface area contributed by atoms with Crippen molar-refractivity contribution in [1.29, 1.82) is 0 Å². The lowest BCUT2D eigenvalue weighted by Crippen LogP contribution is -2.40. The third-order valence-electron chi connectivity index (χ3n) is 3.49. The molecule has 1 saturated heterocycles. The number of carbonyl (C=O) groups excluding carboxylic acids is 2. The van der Waals surface area contributed by atoms with E-state index in [4.69, 9.17) is 28.9 Å². The van der Waals surface area contributed by atoms with E-state index >= 15 is 0 Å². The summed E-state index contributed by atoms with van der Waals surface area (Å²) in [5, 5.41) is 1.06.